The Hall–Kier alpha value is -4.49. The van der Waals surface area contributed by atoms with Crippen molar-refractivity contribution in [2.45, 2.75) is 50.5 Å². The molecular formula is C24H20F3N5O6. The second-order valence-electron chi connectivity index (χ2n) is 8.97. The number of amides is 2. The molecule has 0 radical (unpaired) electrons. The third-order valence-electron chi connectivity index (χ3n) is 6.56. The van der Waals surface area contributed by atoms with Crippen molar-refractivity contribution in [2.75, 3.05) is 0 Å². The lowest BCUT2D eigenvalue weighted by atomic mass is 9.89. The molecule has 5 rings (SSSR count). The van der Waals surface area contributed by atoms with Crippen molar-refractivity contribution in [3.8, 4) is 17.1 Å². The number of nitro benzene ring substituents is 1. The maximum absolute atomic E-state index is 13.3. The van der Waals surface area contributed by atoms with Crippen LogP contribution in [0, 0.1) is 10.1 Å². The number of ether oxygens (including phenoxy) is 1. The van der Waals surface area contributed by atoms with Crippen LogP contribution in [0.25, 0.3) is 11.4 Å². The third-order valence-corrected chi connectivity index (χ3v) is 6.56. The molecule has 198 valence electrons. The number of carbonyl (C=O) groups is 2. The molecule has 1 N–H and O–H groups in total. The van der Waals surface area contributed by atoms with Crippen LogP contribution in [0.1, 0.15) is 47.5 Å². The van der Waals surface area contributed by atoms with Gasteiger partial charge in [0.1, 0.15) is 5.75 Å². The average molecular weight is 531 g/mol. The van der Waals surface area contributed by atoms with Gasteiger partial charge in [-0.2, -0.15) is 18.2 Å². The minimum atomic E-state index is -4.78. The molecule has 0 saturated heterocycles. The minimum absolute atomic E-state index is 0.132. The van der Waals surface area contributed by atoms with E-state index in [0.29, 0.717) is 24.0 Å². The van der Waals surface area contributed by atoms with Crippen LogP contribution >= 0.6 is 0 Å². The number of fused-ring (bicyclic) bond motifs is 1. The number of hydrogen-bond acceptors (Lipinski definition) is 8. The number of halogens is 3. The second-order valence-corrected chi connectivity index (χ2v) is 8.97. The molecule has 0 spiro atoms. The van der Waals surface area contributed by atoms with E-state index in [2.05, 4.69) is 20.0 Å². The van der Waals surface area contributed by atoms with Crippen molar-refractivity contribution < 1.29 is 36.9 Å². The van der Waals surface area contributed by atoms with Gasteiger partial charge >= 0.3 is 18.2 Å². The zero-order chi connectivity index (χ0) is 27.0. The number of non-ortho nitro benzene ring substituents is 1. The fraction of sp³-hybridized carbons (Fsp3) is 0.333. The zero-order valence-corrected chi connectivity index (χ0v) is 19.6. The van der Waals surface area contributed by atoms with E-state index in [0.717, 1.165) is 12.8 Å². The fourth-order valence-corrected chi connectivity index (χ4v) is 4.76. The highest BCUT2D eigenvalue weighted by molar-refractivity contribution is 5.99. The van der Waals surface area contributed by atoms with Gasteiger partial charge in [-0.3, -0.25) is 14.9 Å². The van der Waals surface area contributed by atoms with Crippen molar-refractivity contribution in [3.05, 3.63) is 69.6 Å². The predicted octanol–water partition coefficient (Wildman–Crippen LogP) is 4.72. The number of benzene rings is 2. The van der Waals surface area contributed by atoms with Crippen molar-refractivity contribution in [1.29, 1.82) is 0 Å². The summed E-state index contributed by atoms with van der Waals surface area (Å²) in [5.74, 6) is -1.94. The molecule has 2 aromatic carbocycles. The Labute approximate surface area is 212 Å². The van der Waals surface area contributed by atoms with Crippen LogP contribution < -0.4 is 10.1 Å². The molecule has 1 aromatic heterocycles. The van der Waals surface area contributed by atoms with Crippen molar-refractivity contribution >= 4 is 17.7 Å². The van der Waals surface area contributed by atoms with Crippen LogP contribution in [-0.4, -0.2) is 44.0 Å². The molecule has 1 fully saturated rings. The summed E-state index contributed by atoms with van der Waals surface area (Å²) in [6, 6.07) is 8.94. The molecule has 2 aliphatic rings. The number of nitro groups is 1. The summed E-state index contributed by atoms with van der Waals surface area (Å²) in [5, 5.41) is 17.0. The van der Waals surface area contributed by atoms with Crippen molar-refractivity contribution in [2.24, 2.45) is 0 Å². The van der Waals surface area contributed by atoms with Crippen LogP contribution in [0.15, 0.2) is 47.0 Å². The van der Waals surface area contributed by atoms with Gasteiger partial charge in [0.25, 0.3) is 11.6 Å². The van der Waals surface area contributed by atoms with E-state index >= 15 is 0 Å². The smallest absolute Gasteiger partial charge is 0.410 e. The quantitative estimate of drug-likeness (QED) is 0.368. The van der Waals surface area contributed by atoms with E-state index in [1.165, 1.54) is 36.4 Å². The second kappa shape index (κ2) is 9.76. The van der Waals surface area contributed by atoms with Crippen LogP contribution in [0.5, 0.6) is 5.75 Å². The number of rotatable bonds is 5. The number of alkyl halides is 3. The van der Waals surface area contributed by atoms with Gasteiger partial charge < -0.3 is 19.5 Å². The maximum Gasteiger partial charge on any atom is 0.471 e. The monoisotopic (exact) mass is 531 g/mol. The Morgan fingerprint density at radius 2 is 1.89 bits per heavy atom. The van der Waals surface area contributed by atoms with Gasteiger partial charge in [-0.1, -0.05) is 30.1 Å². The molecule has 1 aliphatic carbocycles. The van der Waals surface area contributed by atoms with Gasteiger partial charge in [0.15, 0.2) is 0 Å². The Balaban J connectivity index is 1.29. The minimum Gasteiger partial charge on any atom is -0.410 e. The summed E-state index contributed by atoms with van der Waals surface area (Å²) in [6.45, 7) is 0.273. The summed E-state index contributed by atoms with van der Waals surface area (Å²) in [7, 11) is 0. The lowest BCUT2D eigenvalue weighted by molar-refractivity contribution is -0.384. The van der Waals surface area contributed by atoms with E-state index in [1.54, 1.807) is 11.0 Å². The van der Waals surface area contributed by atoms with Crippen molar-refractivity contribution in [3.63, 3.8) is 0 Å². The van der Waals surface area contributed by atoms with Gasteiger partial charge in [0.2, 0.25) is 5.82 Å². The molecule has 2 atom stereocenters. The summed E-state index contributed by atoms with van der Waals surface area (Å²) < 4.78 is 48.0. The molecule has 11 nitrogen and oxygen atoms in total. The third kappa shape index (κ3) is 5.01. The van der Waals surface area contributed by atoms with Crippen molar-refractivity contribution in [1.82, 2.24) is 20.4 Å². The van der Waals surface area contributed by atoms with Crippen LogP contribution in [0.2, 0.25) is 0 Å². The molecule has 0 bridgehead atoms. The van der Waals surface area contributed by atoms with E-state index in [9.17, 15) is 32.9 Å². The lowest BCUT2D eigenvalue weighted by Gasteiger charge is -2.38. The zero-order valence-electron chi connectivity index (χ0n) is 19.6. The van der Waals surface area contributed by atoms with E-state index < -0.39 is 29.1 Å². The van der Waals surface area contributed by atoms with Gasteiger partial charge in [-0.15, -0.1) is 0 Å². The molecule has 1 saturated carbocycles. The molecule has 2 heterocycles. The molecule has 2 amide bonds. The largest absolute Gasteiger partial charge is 0.471 e. The van der Waals surface area contributed by atoms with Crippen LogP contribution in [0.4, 0.5) is 23.7 Å². The molecule has 1 aliphatic heterocycles. The Morgan fingerprint density at radius 3 is 2.58 bits per heavy atom. The van der Waals surface area contributed by atoms with Gasteiger partial charge in [0.05, 0.1) is 17.0 Å². The van der Waals surface area contributed by atoms with Gasteiger partial charge in [-0.05, 0) is 36.6 Å². The summed E-state index contributed by atoms with van der Waals surface area (Å²) >= 11 is 0. The number of hydrogen-bond donors (Lipinski definition) is 1. The highest BCUT2D eigenvalue weighted by Crippen LogP contribution is 2.34. The molecule has 3 aromatic rings. The first-order valence-electron chi connectivity index (χ1n) is 11.7. The number of nitrogens with one attached hydrogen (secondary N) is 1. The Kier molecular flexibility index (Phi) is 6.46. The Morgan fingerprint density at radius 1 is 1.16 bits per heavy atom. The van der Waals surface area contributed by atoms with Gasteiger partial charge in [-0.25, -0.2) is 4.79 Å². The van der Waals surface area contributed by atoms with Crippen LogP contribution in [0.3, 0.4) is 0 Å². The summed E-state index contributed by atoms with van der Waals surface area (Å²) in [5.41, 5.74) is 1.08. The van der Waals surface area contributed by atoms with Crippen LogP contribution in [-0.2, 0) is 12.7 Å². The maximum atomic E-state index is 13.3. The summed E-state index contributed by atoms with van der Waals surface area (Å²) in [4.78, 5) is 41.2. The lowest BCUT2D eigenvalue weighted by Crippen LogP contribution is -2.53. The molecule has 0 unspecified atom stereocenters. The topological polar surface area (TPSA) is 141 Å². The SMILES string of the molecule is O=C(N[C@@H]1CCCC[C@H]1N1Cc2ccc(-c3noc(C(F)(F)F)n3)cc2C1=O)Oc1ccc([N+](=O)[O-])cc1. The first kappa shape index (κ1) is 25.2. The van der Waals surface area contributed by atoms with E-state index in [4.69, 9.17) is 4.74 Å². The molecular weight excluding hydrogens is 511 g/mol. The van der Waals surface area contributed by atoms with E-state index in [-0.39, 0.29) is 41.3 Å². The van der Waals surface area contributed by atoms with E-state index in [1.807, 2.05) is 0 Å². The predicted molar refractivity (Wildman–Crippen MR) is 123 cm³/mol. The fourth-order valence-electron chi connectivity index (χ4n) is 4.76. The average Bonchev–Trinajstić information content (AvgIpc) is 3.50. The Bertz CT molecular complexity index is 1390. The number of carbonyl (C=O) groups excluding carboxylic acids is 2. The molecule has 38 heavy (non-hydrogen) atoms. The first-order valence-corrected chi connectivity index (χ1v) is 11.7. The normalized spacial score (nSPS) is 19.2. The first-order chi connectivity index (χ1) is 18.1. The highest BCUT2D eigenvalue weighted by Gasteiger charge is 2.40. The standard InChI is InChI=1S/C24H20F3N5O6/c25-24(26,27)22-29-20(30-38-22)13-5-6-14-12-31(21(33)17(14)11-13)19-4-2-1-3-18(19)28-23(34)37-16-9-7-15(8-10-16)32(35)36/h5-11,18-19H,1-4,12H2,(H,28,34)/t18-,19-/m1/s1. The molecule has 14 heteroatoms. The number of nitrogens with zero attached hydrogens (tertiary/aromatic N) is 4. The summed E-state index contributed by atoms with van der Waals surface area (Å²) in [6.07, 6.45) is -2.62. The van der Waals surface area contributed by atoms with Gasteiger partial charge in [0, 0.05) is 29.8 Å². The number of aromatic nitrogens is 2. The highest BCUT2D eigenvalue weighted by atomic mass is 19.4.